The number of hydrogen-bond donors (Lipinski definition) is 0. The predicted octanol–water partition coefficient (Wildman–Crippen LogP) is 2.19. The van der Waals surface area contributed by atoms with E-state index in [0.717, 1.165) is 6.54 Å². The molecule has 2 heterocycles. The molecule has 3 rings (SSSR count). The van der Waals surface area contributed by atoms with Gasteiger partial charge in [-0.2, -0.15) is 4.31 Å². The molecule has 130 valence electrons. The lowest BCUT2D eigenvalue weighted by Crippen LogP contribution is -2.53. The van der Waals surface area contributed by atoms with E-state index in [1.54, 1.807) is 18.2 Å². The molecule has 7 heteroatoms. The summed E-state index contributed by atoms with van der Waals surface area (Å²) >= 11 is 0. The molecule has 0 aliphatic carbocycles. The molecule has 0 amide bonds. The summed E-state index contributed by atoms with van der Waals surface area (Å²) in [7, 11) is -3.56. The fraction of sp³-hybridized carbons (Fsp3) is 0.471. The molecule has 0 N–H and O–H groups in total. The van der Waals surface area contributed by atoms with Gasteiger partial charge in [0.1, 0.15) is 10.6 Å². The molecule has 2 aromatic rings. The molecule has 1 aliphatic rings. The van der Waals surface area contributed by atoms with Crippen LogP contribution in [-0.2, 0) is 16.6 Å². The Bertz CT molecular complexity index is 782. The van der Waals surface area contributed by atoms with Crippen LogP contribution in [0.25, 0.3) is 0 Å². The summed E-state index contributed by atoms with van der Waals surface area (Å²) in [6.45, 7) is 7.86. The van der Waals surface area contributed by atoms with Gasteiger partial charge in [-0.3, -0.25) is 4.90 Å². The van der Waals surface area contributed by atoms with Crippen molar-refractivity contribution in [1.82, 2.24) is 14.4 Å². The molecular formula is C17H23N3O3S. The van der Waals surface area contributed by atoms with Gasteiger partial charge in [0.2, 0.25) is 10.0 Å². The van der Waals surface area contributed by atoms with Crippen molar-refractivity contribution in [2.75, 3.05) is 19.6 Å². The minimum absolute atomic E-state index is 0.147. The van der Waals surface area contributed by atoms with E-state index in [4.69, 9.17) is 4.52 Å². The van der Waals surface area contributed by atoms with Gasteiger partial charge in [0.25, 0.3) is 0 Å². The highest BCUT2D eigenvalue weighted by Crippen LogP contribution is 2.25. The summed E-state index contributed by atoms with van der Waals surface area (Å²) in [6.07, 6.45) is 0. The number of nitrogens with zero attached hydrogens (tertiary/aromatic N) is 3. The van der Waals surface area contributed by atoms with Crippen molar-refractivity contribution in [3.63, 3.8) is 0 Å². The van der Waals surface area contributed by atoms with Crippen molar-refractivity contribution < 1.29 is 12.9 Å². The smallest absolute Gasteiger partial charge is 0.248 e. The monoisotopic (exact) mass is 349 g/mol. The predicted molar refractivity (Wildman–Crippen MR) is 91.0 cm³/mol. The average Bonchev–Trinajstić information content (AvgIpc) is 2.89. The van der Waals surface area contributed by atoms with Gasteiger partial charge in [-0.1, -0.05) is 35.5 Å². The number of aryl methyl sites for hydroxylation is 2. The summed E-state index contributed by atoms with van der Waals surface area (Å²) < 4.78 is 32.4. The maximum absolute atomic E-state index is 12.9. The van der Waals surface area contributed by atoms with E-state index >= 15 is 0 Å². The van der Waals surface area contributed by atoms with Crippen LogP contribution in [0.3, 0.4) is 0 Å². The van der Waals surface area contributed by atoms with E-state index in [-0.39, 0.29) is 10.9 Å². The summed E-state index contributed by atoms with van der Waals surface area (Å²) in [5.41, 5.74) is 1.67. The largest absolute Gasteiger partial charge is 0.360 e. The third kappa shape index (κ3) is 3.24. The molecule has 1 aromatic heterocycles. The Hall–Kier alpha value is -1.70. The van der Waals surface area contributed by atoms with Crippen molar-refractivity contribution in [2.24, 2.45) is 0 Å². The van der Waals surface area contributed by atoms with E-state index < -0.39 is 10.0 Å². The van der Waals surface area contributed by atoms with Crippen LogP contribution in [0, 0.1) is 13.8 Å². The molecule has 1 aromatic carbocycles. The van der Waals surface area contributed by atoms with E-state index in [0.29, 0.717) is 31.1 Å². The first kappa shape index (κ1) is 17.1. The Morgan fingerprint density at radius 3 is 2.50 bits per heavy atom. The fourth-order valence-electron chi connectivity index (χ4n) is 3.20. The zero-order valence-corrected chi connectivity index (χ0v) is 15.1. The highest BCUT2D eigenvalue weighted by Gasteiger charge is 2.35. The van der Waals surface area contributed by atoms with Gasteiger partial charge >= 0.3 is 0 Å². The highest BCUT2D eigenvalue weighted by molar-refractivity contribution is 7.89. The van der Waals surface area contributed by atoms with Gasteiger partial charge in [0.05, 0.1) is 0 Å². The Morgan fingerprint density at radius 2 is 1.92 bits per heavy atom. The zero-order valence-electron chi connectivity index (χ0n) is 14.3. The van der Waals surface area contributed by atoms with Gasteiger partial charge in [-0.05, 0) is 26.3 Å². The van der Waals surface area contributed by atoms with Crippen molar-refractivity contribution in [1.29, 1.82) is 0 Å². The number of aromatic nitrogens is 1. The number of piperazine rings is 1. The van der Waals surface area contributed by atoms with E-state index in [1.165, 1.54) is 5.56 Å². The zero-order chi connectivity index (χ0) is 17.3. The van der Waals surface area contributed by atoms with E-state index in [9.17, 15) is 8.42 Å². The summed E-state index contributed by atoms with van der Waals surface area (Å²) in [5.74, 6) is 0.354. The van der Waals surface area contributed by atoms with Gasteiger partial charge in [0.15, 0.2) is 5.76 Å². The molecule has 1 atom stereocenters. The standard InChI is InChI=1S/C17H23N3O3S/c1-13-11-20(24(21,22)17-14(2)18-23-15(17)3)10-9-19(13)12-16-7-5-4-6-8-16/h4-8,13H,9-12H2,1-3H3. The van der Waals surface area contributed by atoms with Crippen LogP contribution in [0.5, 0.6) is 0 Å². The summed E-state index contributed by atoms with van der Waals surface area (Å²) in [6, 6.07) is 10.4. The molecule has 1 aliphatic heterocycles. The van der Waals surface area contributed by atoms with Gasteiger partial charge < -0.3 is 4.52 Å². The third-order valence-corrected chi connectivity index (χ3v) is 6.63. The average molecular weight is 349 g/mol. The van der Waals surface area contributed by atoms with Crippen molar-refractivity contribution in [3.05, 3.63) is 47.3 Å². The molecule has 0 radical (unpaired) electrons. The Labute approximate surface area is 143 Å². The molecule has 6 nitrogen and oxygen atoms in total. The Morgan fingerprint density at radius 1 is 1.21 bits per heavy atom. The van der Waals surface area contributed by atoms with Crippen molar-refractivity contribution in [2.45, 2.75) is 38.3 Å². The number of benzene rings is 1. The molecule has 0 saturated carbocycles. The maximum Gasteiger partial charge on any atom is 0.248 e. The topological polar surface area (TPSA) is 66.7 Å². The fourth-order valence-corrected chi connectivity index (χ4v) is 5.01. The first-order chi connectivity index (χ1) is 11.4. The molecule has 1 saturated heterocycles. The van der Waals surface area contributed by atoms with Crippen molar-refractivity contribution in [3.8, 4) is 0 Å². The van der Waals surface area contributed by atoms with Gasteiger partial charge in [-0.25, -0.2) is 8.42 Å². The van der Waals surface area contributed by atoms with Crippen molar-refractivity contribution >= 4 is 10.0 Å². The first-order valence-corrected chi connectivity index (χ1v) is 9.54. The third-order valence-electron chi connectivity index (χ3n) is 4.52. The SMILES string of the molecule is Cc1noc(C)c1S(=O)(=O)N1CCN(Cc2ccccc2)C(C)C1. The minimum atomic E-state index is -3.56. The second-order valence-electron chi connectivity index (χ2n) is 6.32. The normalized spacial score (nSPS) is 20.4. The van der Waals surface area contributed by atoms with Crippen LogP contribution < -0.4 is 0 Å². The minimum Gasteiger partial charge on any atom is -0.360 e. The van der Waals surface area contributed by atoms with Crippen LogP contribution in [0.1, 0.15) is 23.9 Å². The van der Waals surface area contributed by atoms with Crippen LogP contribution in [0.15, 0.2) is 39.8 Å². The number of rotatable bonds is 4. The lowest BCUT2D eigenvalue weighted by atomic mass is 10.1. The van der Waals surface area contributed by atoms with Gasteiger partial charge in [0, 0.05) is 32.2 Å². The second kappa shape index (κ2) is 6.66. The van der Waals surface area contributed by atoms with Crippen LogP contribution >= 0.6 is 0 Å². The quantitative estimate of drug-likeness (QED) is 0.846. The summed E-state index contributed by atoms with van der Waals surface area (Å²) in [4.78, 5) is 2.53. The van der Waals surface area contributed by atoms with Gasteiger partial charge in [-0.15, -0.1) is 0 Å². The molecule has 1 unspecified atom stereocenters. The van der Waals surface area contributed by atoms with E-state index in [1.807, 2.05) is 18.2 Å². The maximum atomic E-state index is 12.9. The molecular weight excluding hydrogens is 326 g/mol. The number of hydrogen-bond acceptors (Lipinski definition) is 5. The molecule has 1 fully saturated rings. The summed E-state index contributed by atoms with van der Waals surface area (Å²) in [5, 5.41) is 3.78. The highest BCUT2D eigenvalue weighted by atomic mass is 32.2. The Kier molecular flexibility index (Phi) is 4.76. The molecule has 24 heavy (non-hydrogen) atoms. The molecule has 0 spiro atoms. The first-order valence-electron chi connectivity index (χ1n) is 8.10. The number of sulfonamides is 1. The Balaban J connectivity index is 1.73. The van der Waals surface area contributed by atoms with E-state index in [2.05, 4.69) is 29.1 Å². The lowest BCUT2D eigenvalue weighted by molar-refractivity contribution is 0.122. The molecule has 0 bridgehead atoms. The van der Waals surface area contributed by atoms with Crippen LogP contribution in [0.2, 0.25) is 0 Å². The lowest BCUT2D eigenvalue weighted by Gasteiger charge is -2.39. The van der Waals surface area contributed by atoms with Crippen LogP contribution in [0.4, 0.5) is 0 Å². The second-order valence-corrected chi connectivity index (χ2v) is 8.20. The van der Waals surface area contributed by atoms with Crippen LogP contribution in [-0.4, -0.2) is 48.5 Å².